The average molecular weight is 202 g/mol. The molecule has 0 amide bonds. The standard InChI is InChI=1S/C11H26N2O/c1-4-5-6-7-8-12-9-11(14)10-13(2)3/h11-12,14H,4-10H2,1-3H3. The molecule has 0 aliphatic heterocycles. The molecule has 0 saturated heterocycles. The van der Waals surface area contributed by atoms with E-state index in [2.05, 4.69) is 12.2 Å². The summed E-state index contributed by atoms with van der Waals surface area (Å²) in [7, 11) is 3.95. The fourth-order valence-corrected chi connectivity index (χ4v) is 1.43. The Balaban J connectivity index is 3.10. The molecule has 0 aromatic heterocycles. The maximum Gasteiger partial charge on any atom is 0.0791 e. The molecule has 0 spiro atoms. The van der Waals surface area contributed by atoms with Gasteiger partial charge < -0.3 is 15.3 Å². The normalized spacial score (nSPS) is 13.5. The molecular weight excluding hydrogens is 176 g/mol. The first kappa shape index (κ1) is 13.9. The Morgan fingerprint density at radius 3 is 2.50 bits per heavy atom. The van der Waals surface area contributed by atoms with Crippen molar-refractivity contribution in [1.82, 2.24) is 10.2 Å². The van der Waals surface area contributed by atoms with E-state index >= 15 is 0 Å². The molecule has 0 fully saturated rings. The van der Waals surface area contributed by atoms with E-state index in [1.807, 2.05) is 19.0 Å². The summed E-state index contributed by atoms with van der Waals surface area (Å²) < 4.78 is 0. The van der Waals surface area contributed by atoms with Crippen molar-refractivity contribution in [2.75, 3.05) is 33.7 Å². The number of nitrogens with zero attached hydrogens (tertiary/aromatic N) is 1. The molecule has 86 valence electrons. The second-order valence-electron chi connectivity index (χ2n) is 4.18. The maximum absolute atomic E-state index is 9.52. The molecule has 0 heterocycles. The molecule has 0 aliphatic rings. The molecule has 0 bridgehead atoms. The van der Waals surface area contributed by atoms with Crippen LogP contribution in [0, 0.1) is 0 Å². The predicted octanol–water partition coefficient (Wildman–Crippen LogP) is 1.08. The average Bonchev–Trinajstić information content (AvgIpc) is 2.10. The Bertz CT molecular complexity index is 118. The van der Waals surface area contributed by atoms with E-state index in [0.717, 1.165) is 13.1 Å². The van der Waals surface area contributed by atoms with E-state index in [1.54, 1.807) is 0 Å². The molecule has 2 N–H and O–H groups in total. The van der Waals surface area contributed by atoms with Gasteiger partial charge in [0.15, 0.2) is 0 Å². The molecule has 3 nitrogen and oxygen atoms in total. The smallest absolute Gasteiger partial charge is 0.0791 e. The second kappa shape index (κ2) is 9.44. The van der Waals surface area contributed by atoms with E-state index in [9.17, 15) is 5.11 Å². The molecule has 0 saturated carbocycles. The lowest BCUT2D eigenvalue weighted by atomic mass is 10.2. The summed E-state index contributed by atoms with van der Waals surface area (Å²) in [4.78, 5) is 2.00. The van der Waals surface area contributed by atoms with Crippen LogP contribution in [0.15, 0.2) is 0 Å². The first-order valence-corrected chi connectivity index (χ1v) is 5.70. The first-order chi connectivity index (χ1) is 6.66. The number of unbranched alkanes of at least 4 members (excludes halogenated alkanes) is 3. The first-order valence-electron chi connectivity index (χ1n) is 5.70. The van der Waals surface area contributed by atoms with Crippen LogP contribution in [-0.2, 0) is 0 Å². The largest absolute Gasteiger partial charge is 0.390 e. The lowest BCUT2D eigenvalue weighted by molar-refractivity contribution is 0.135. The third-order valence-electron chi connectivity index (χ3n) is 2.16. The van der Waals surface area contributed by atoms with Crippen LogP contribution in [0.3, 0.4) is 0 Å². The minimum Gasteiger partial charge on any atom is -0.390 e. The fourth-order valence-electron chi connectivity index (χ4n) is 1.43. The summed E-state index contributed by atoms with van der Waals surface area (Å²) in [6, 6.07) is 0. The molecule has 0 aromatic carbocycles. The van der Waals surface area contributed by atoms with Crippen molar-refractivity contribution in [2.45, 2.75) is 38.7 Å². The van der Waals surface area contributed by atoms with Crippen molar-refractivity contribution in [3.63, 3.8) is 0 Å². The van der Waals surface area contributed by atoms with E-state index < -0.39 is 0 Å². The van der Waals surface area contributed by atoms with Gasteiger partial charge in [0.1, 0.15) is 0 Å². The van der Waals surface area contributed by atoms with E-state index in [0.29, 0.717) is 6.54 Å². The van der Waals surface area contributed by atoms with Crippen molar-refractivity contribution in [3.05, 3.63) is 0 Å². The van der Waals surface area contributed by atoms with Crippen LogP contribution in [0.2, 0.25) is 0 Å². The molecule has 1 unspecified atom stereocenters. The van der Waals surface area contributed by atoms with Crippen LogP contribution in [0.1, 0.15) is 32.6 Å². The molecule has 0 aliphatic carbocycles. The van der Waals surface area contributed by atoms with Gasteiger partial charge >= 0.3 is 0 Å². The minimum atomic E-state index is -0.240. The van der Waals surface area contributed by atoms with Crippen LogP contribution in [0.5, 0.6) is 0 Å². The highest BCUT2D eigenvalue weighted by molar-refractivity contribution is 4.62. The van der Waals surface area contributed by atoms with Crippen LogP contribution < -0.4 is 5.32 Å². The Morgan fingerprint density at radius 1 is 1.21 bits per heavy atom. The van der Waals surface area contributed by atoms with Crippen LogP contribution in [0.25, 0.3) is 0 Å². The monoisotopic (exact) mass is 202 g/mol. The van der Waals surface area contributed by atoms with Crippen LogP contribution in [-0.4, -0.2) is 49.8 Å². The lowest BCUT2D eigenvalue weighted by Crippen LogP contribution is -2.35. The molecule has 3 heteroatoms. The number of aliphatic hydroxyl groups is 1. The summed E-state index contributed by atoms with van der Waals surface area (Å²) in [6.45, 7) is 4.70. The fraction of sp³-hybridized carbons (Fsp3) is 1.00. The van der Waals surface area contributed by atoms with Crippen molar-refractivity contribution in [1.29, 1.82) is 0 Å². The number of hydrogen-bond acceptors (Lipinski definition) is 3. The van der Waals surface area contributed by atoms with Gasteiger partial charge in [0.25, 0.3) is 0 Å². The predicted molar refractivity (Wildman–Crippen MR) is 61.6 cm³/mol. The zero-order valence-corrected chi connectivity index (χ0v) is 9.92. The summed E-state index contributed by atoms with van der Waals surface area (Å²) in [5, 5.41) is 12.8. The molecule has 14 heavy (non-hydrogen) atoms. The van der Waals surface area contributed by atoms with Crippen molar-refractivity contribution < 1.29 is 5.11 Å². The Morgan fingerprint density at radius 2 is 1.93 bits per heavy atom. The Labute approximate surface area is 88.5 Å². The van der Waals surface area contributed by atoms with Gasteiger partial charge in [-0.2, -0.15) is 0 Å². The molecule has 0 aromatic rings. The highest BCUT2D eigenvalue weighted by Gasteiger charge is 2.03. The highest BCUT2D eigenvalue weighted by Crippen LogP contribution is 1.96. The number of hydrogen-bond donors (Lipinski definition) is 2. The van der Waals surface area contributed by atoms with Gasteiger partial charge in [-0.3, -0.25) is 0 Å². The minimum absolute atomic E-state index is 0.240. The van der Waals surface area contributed by atoms with Gasteiger partial charge in [-0.1, -0.05) is 26.2 Å². The van der Waals surface area contributed by atoms with E-state index in [1.165, 1.54) is 25.7 Å². The van der Waals surface area contributed by atoms with Crippen molar-refractivity contribution >= 4 is 0 Å². The zero-order chi connectivity index (χ0) is 10.8. The number of nitrogens with one attached hydrogen (secondary N) is 1. The second-order valence-corrected chi connectivity index (χ2v) is 4.18. The summed E-state index contributed by atoms with van der Waals surface area (Å²) in [6.07, 6.45) is 4.89. The SMILES string of the molecule is CCCCCCNCC(O)CN(C)C. The quantitative estimate of drug-likeness (QED) is 0.549. The number of rotatable bonds is 9. The van der Waals surface area contributed by atoms with Crippen LogP contribution in [0.4, 0.5) is 0 Å². The van der Waals surface area contributed by atoms with Gasteiger partial charge in [-0.25, -0.2) is 0 Å². The van der Waals surface area contributed by atoms with Gasteiger partial charge in [-0.15, -0.1) is 0 Å². The third-order valence-corrected chi connectivity index (χ3v) is 2.16. The molecular formula is C11H26N2O. The van der Waals surface area contributed by atoms with Crippen LogP contribution >= 0.6 is 0 Å². The van der Waals surface area contributed by atoms with E-state index in [4.69, 9.17) is 0 Å². The third kappa shape index (κ3) is 9.96. The Hall–Kier alpha value is -0.120. The van der Waals surface area contributed by atoms with Gasteiger partial charge in [0.2, 0.25) is 0 Å². The van der Waals surface area contributed by atoms with Gasteiger partial charge in [0, 0.05) is 13.1 Å². The van der Waals surface area contributed by atoms with Crippen molar-refractivity contribution in [2.24, 2.45) is 0 Å². The summed E-state index contributed by atoms with van der Waals surface area (Å²) in [5.41, 5.74) is 0. The summed E-state index contributed by atoms with van der Waals surface area (Å²) >= 11 is 0. The highest BCUT2D eigenvalue weighted by atomic mass is 16.3. The maximum atomic E-state index is 9.52. The molecule has 0 radical (unpaired) electrons. The molecule has 0 rings (SSSR count). The zero-order valence-electron chi connectivity index (χ0n) is 9.92. The number of aliphatic hydroxyl groups excluding tert-OH is 1. The number of likely N-dealkylation sites (N-methyl/N-ethyl adjacent to an activating group) is 1. The van der Waals surface area contributed by atoms with Gasteiger partial charge in [0.05, 0.1) is 6.10 Å². The Kier molecular flexibility index (Phi) is 9.35. The van der Waals surface area contributed by atoms with E-state index in [-0.39, 0.29) is 6.10 Å². The molecule has 1 atom stereocenters. The summed E-state index contributed by atoms with van der Waals surface area (Å²) in [5.74, 6) is 0. The van der Waals surface area contributed by atoms with Gasteiger partial charge in [-0.05, 0) is 27.1 Å². The lowest BCUT2D eigenvalue weighted by Gasteiger charge is -2.16. The van der Waals surface area contributed by atoms with Crippen molar-refractivity contribution in [3.8, 4) is 0 Å². The topological polar surface area (TPSA) is 35.5 Å².